The summed E-state index contributed by atoms with van der Waals surface area (Å²) in [7, 11) is 0. The monoisotopic (exact) mass is 323 g/mol. The molecule has 0 aliphatic carbocycles. The number of phenolic OH excluding ortho intramolecular Hbond substituents is 1. The molecular formula is C15H15BrFNO. The average molecular weight is 324 g/mol. The van der Waals surface area contributed by atoms with Crippen molar-refractivity contribution in [3.8, 4) is 5.75 Å². The zero-order chi connectivity index (χ0) is 13.8. The van der Waals surface area contributed by atoms with Crippen molar-refractivity contribution in [2.24, 2.45) is 0 Å². The van der Waals surface area contributed by atoms with Gasteiger partial charge in [0.1, 0.15) is 11.6 Å². The fourth-order valence-corrected chi connectivity index (χ4v) is 2.52. The molecule has 0 heterocycles. The van der Waals surface area contributed by atoms with Crippen LogP contribution in [0.3, 0.4) is 0 Å². The summed E-state index contributed by atoms with van der Waals surface area (Å²) in [6.45, 7) is 2.43. The zero-order valence-corrected chi connectivity index (χ0v) is 12.1. The Morgan fingerprint density at radius 2 is 2.00 bits per heavy atom. The van der Waals surface area contributed by atoms with E-state index in [-0.39, 0.29) is 17.6 Å². The fourth-order valence-electron chi connectivity index (χ4n) is 1.89. The van der Waals surface area contributed by atoms with E-state index in [2.05, 4.69) is 21.2 Å². The van der Waals surface area contributed by atoms with E-state index >= 15 is 0 Å². The maximum Gasteiger partial charge on any atom is 0.123 e. The third-order valence-corrected chi connectivity index (χ3v) is 3.73. The molecule has 0 fully saturated rings. The Labute approximate surface area is 120 Å². The maximum atomic E-state index is 13.1. The second kappa shape index (κ2) is 6.17. The fraction of sp³-hybridized carbons (Fsp3) is 0.200. The van der Waals surface area contributed by atoms with Crippen LogP contribution in [0.15, 0.2) is 46.9 Å². The van der Waals surface area contributed by atoms with E-state index in [0.717, 1.165) is 10.0 Å². The Bertz CT molecular complexity index is 574. The van der Waals surface area contributed by atoms with Crippen molar-refractivity contribution in [3.05, 3.63) is 63.9 Å². The van der Waals surface area contributed by atoms with E-state index in [0.29, 0.717) is 12.1 Å². The van der Waals surface area contributed by atoms with E-state index in [1.807, 2.05) is 31.2 Å². The van der Waals surface area contributed by atoms with Crippen LogP contribution in [-0.2, 0) is 6.54 Å². The van der Waals surface area contributed by atoms with Gasteiger partial charge in [-0.25, -0.2) is 4.39 Å². The molecular weight excluding hydrogens is 309 g/mol. The van der Waals surface area contributed by atoms with Gasteiger partial charge in [-0.05, 0) is 36.8 Å². The Balaban J connectivity index is 2.06. The van der Waals surface area contributed by atoms with Gasteiger partial charge >= 0.3 is 0 Å². The summed E-state index contributed by atoms with van der Waals surface area (Å²) in [5.74, 6) is -0.239. The molecule has 0 aromatic heterocycles. The van der Waals surface area contributed by atoms with Crippen molar-refractivity contribution in [3.63, 3.8) is 0 Å². The van der Waals surface area contributed by atoms with Crippen LogP contribution in [0, 0.1) is 5.82 Å². The van der Waals surface area contributed by atoms with E-state index in [9.17, 15) is 9.50 Å². The molecule has 0 spiro atoms. The average Bonchev–Trinajstić information content (AvgIpc) is 2.40. The first kappa shape index (κ1) is 14.0. The topological polar surface area (TPSA) is 32.3 Å². The molecule has 2 rings (SSSR count). The highest BCUT2D eigenvalue weighted by Crippen LogP contribution is 2.24. The molecule has 1 atom stereocenters. The number of benzene rings is 2. The number of hydrogen-bond acceptors (Lipinski definition) is 2. The van der Waals surface area contributed by atoms with Gasteiger partial charge in [0.05, 0.1) is 0 Å². The summed E-state index contributed by atoms with van der Waals surface area (Å²) in [5.41, 5.74) is 1.68. The van der Waals surface area contributed by atoms with Gasteiger partial charge in [0.15, 0.2) is 0 Å². The van der Waals surface area contributed by atoms with Crippen LogP contribution in [0.4, 0.5) is 4.39 Å². The van der Waals surface area contributed by atoms with Crippen molar-refractivity contribution in [2.75, 3.05) is 0 Å². The minimum absolute atomic E-state index is 0.0956. The van der Waals surface area contributed by atoms with E-state index in [1.54, 1.807) is 0 Å². The predicted molar refractivity (Wildman–Crippen MR) is 77.5 cm³/mol. The smallest absolute Gasteiger partial charge is 0.123 e. The van der Waals surface area contributed by atoms with Gasteiger partial charge in [0.2, 0.25) is 0 Å². The third kappa shape index (κ3) is 3.55. The van der Waals surface area contributed by atoms with Crippen LogP contribution in [0.5, 0.6) is 5.75 Å². The minimum Gasteiger partial charge on any atom is -0.508 e. The zero-order valence-electron chi connectivity index (χ0n) is 10.5. The van der Waals surface area contributed by atoms with Crippen LogP contribution < -0.4 is 5.32 Å². The Morgan fingerprint density at radius 1 is 1.26 bits per heavy atom. The predicted octanol–water partition coefficient (Wildman–Crippen LogP) is 4.14. The maximum absolute atomic E-state index is 13.1. The van der Waals surface area contributed by atoms with Gasteiger partial charge in [-0.15, -0.1) is 0 Å². The molecule has 0 unspecified atom stereocenters. The lowest BCUT2D eigenvalue weighted by molar-refractivity contribution is 0.457. The van der Waals surface area contributed by atoms with E-state index < -0.39 is 0 Å². The van der Waals surface area contributed by atoms with Gasteiger partial charge < -0.3 is 10.4 Å². The molecule has 0 saturated carbocycles. The second-order valence-corrected chi connectivity index (χ2v) is 5.25. The molecule has 2 N–H and O–H groups in total. The number of rotatable bonds is 4. The highest BCUT2D eigenvalue weighted by molar-refractivity contribution is 9.10. The van der Waals surface area contributed by atoms with Crippen molar-refractivity contribution < 1.29 is 9.50 Å². The molecule has 0 bridgehead atoms. The molecule has 0 radical (unpaired) electrons. The molecule has 4 heteroatoms. The third-order valence-electron chi connectivity index (χ3n) is 3.01. The molecule has 0 saturated heterocycles. The van der Waals surface area contributed by atoms with Crippen LogP contribution in [0.2, 0.25) is 0 Å². The van der Waals surface area contributed by atoms with Crippen LogP contribution in [0.25, 0.3) is 0 Å². The summed E-state index contributed by atoms with van der Waals surface area (Å²) in [4.78, 5) is 0. The summed E-state index contributed by atoms with van der Waals surface area (Å²) in [5, 5.41) is 12.9. The standard InChI is InChI=1S/C15H15BrFNO/c1-10(13-4-2-3-5-14(13)16)18-9-11-8-12(17)6-7-15(11)19/h2-8,10,18-19H,9H2,1H3/t10-/m0/s1. The lowest BCUT2D eigenvalue weighted by atomic mass is 10.1. The summed E-state index contributed by atoms with van der Waals surface area (Å²) in [6, 6.07) is 12.0. The Hall–Kier alpha value is -1.39. The number of phenols is 1. The molecule has 19 heavy (non-hydrogen) atoms. The Kier molecular flexibility index (Phi) is 4.56. The van der Waals surface area contributed by atoms with Crippen LogP contribution >= 0.6 is 15.9 Å². The molecule has 2 aromatic carbocycles. The SMILES string of the molecule is C[C@H](NCc1cc(F)ccc1O)c1ccccc1Br. The van der Waals surface area contributed by atoms with Crippen LogP contribution in [-0.4, -0.2) is 5.11 Å². The molecule has 0 aliphatic heterocycles. The number of hydrogen-bond donors (Lipinski definition) is 2. The van der Waals surface area contributed by atoms with Crippen molar-refractivity contribution >= 4 is 15.9 Å². The number of aromatic hydroxyl groups is 1. The number of nitrogens with one attached hydrogen (secondary N) is 1. The van der Waals surface area contributed by atoms with Crippen molar-refractivity contribution in [1.82, 2.24) is 5.32 Å². The largest absolute Gasteiger partial charge is 0.508 e. The lowest BCUT2D eigenvalue weighted by Gasteiger charge is -2.16. The van der Waals surface area contributed by atoms with Gasteiger partial charge in [-0.1, -0.05) is 34.1 Å². The lowest BCUT2D eigenvalue weighted by Crippen LogP contribution is -2.18. The minimum atomic E-state index is -0.344. The normalized spacial score (nSPS) is 12.4. The van der Waals surface area contributed by atoms with Crippen molar-refractivity contribution in [2.45, 2.75) is 19.5 Å². The van der Waals surface area contributed by atoms with Gasteiger partial charge in [0, 0.05) is 22.6 Å². The van der Waals surface area contributed by atoms with E-state index in [4.69, 9.17) is 0 Å². The quantitative estimate of drug-likeness (QED) is 0.886. The molecule has 2 aromatic rings. The van der Waals surface area contributed by atoms with E-state index in [1.165, 1.54) is 18.2 Å². The highest BCUT2D eigenvalue weighted by atomic mass is 79.9. The van der Waals surface area contributed by atoms with Gasteiger partial charge in [0.25, 0.3) is 0 Å². The molecule has 0 amide bonds. The summed E-state index contributed by atoms with van der Waals surface area (Å²) in [6.07, 6.45) is 0. The van der Waals surface area contributed by atoms with Crippen molar-refractivity contribution in [1.29, 1.82) is 0 Å². The molecule has 2 nitrogen and oxygen atoms in total. The second-order valence-electron chi connectivity index (χ2n) is 4.40. The number of halogens is 2. The first-order chi connectivity index (χ1) is 9.08. The Morgan fingerprint density at radius 3 is 2.74 bits per heavy atom. The first-order valence-corrected chi connectivity index (χ1v) is 6.82. The first-order valence-electron chi connectivity index (χ1n) is 6.03. The molecule has 100 valence electrons. The van der Waals surface area contributed by atoms with Crippen LogP contribution in [0.1, 0.15) is 24.1 Å². The molecule has 0 aliphatic rings. The highest BCUT2D eigenvalue weighted by Gasteiger charge is 2.09. The summed E-state index contributed by atoms with van der Waals surface area (Å²) < 4.78 is 14.1. The van der Waals surface area contributed by atoms with Gasteiger partial charge in [-0.2, -0.15) is 0 Å². The summed E-state index contributed by atoms with van der Waals surface area (Å²) >= 11 is 3.50. The van der Waals surface area contributed by atoms with Gasteiger partial charge in [-0.3, -0.25) is 0 Å².